The van der Waals surface area contributed by atoms with Crippen LogP contribution in [0.2, 0.25) is 0 Å². The molecule has 0 bridgehead atoms. The lowest BCUT2D eigenvalue weighted by molar-refractivity contribution is -0.275. The Balaban J connectivity index is 3.32. The topological polar surface area (TPSA) is 43.4 Å². The summed E-state index contributed by atoms with van der Waals surface area (Å²) in [5, 5.41) is 0. The molecule has 0 N–H and O–H groups in total. The molecule has 0 aliphatic rings. The van der Waals surface area contributed by atoms with Crippen molar-refractivity contribution in [3.8, 4) is 5.75 Å². The van der Waals surface area contributed by atoms with Gasteiger partial charge in [0.2, 0.25) is 0 Å². The summed E-state index contributed by atoms with van der Waals surface area (Å²) in [6, 6.07) is 3.27. The molecule has 1 aromatic carbocycles. The van der Waals surface area contributed by atoms with Gasteiger partial charge in [0.15, 0.2) is 5.75 Å². The molecule has 1 rings (SSSR count). The quantitative estimate of drug-likeness (QED) is 0.635. The van der Waals surface area contributed by atoms with Gasteiger partial charge in [-0.2, -0.15) is 0 Å². The molecule has 0 heterocycles. The molecule has 0 aromatic heterocycles. The predicted molar refractivity (Wildman–Crippen MR) is 57.9 cm³/mol. The summed E-state index contributed by atoms with van der Waals surface area (Å²) in [5.74, 6) is -0.834. The molecule has 0 atom stereocenters. The van der Waals surface area contributed by atoms with Gasteiger partial charge in [-0.05, 0) is 24.5 Å². The fourth-order valence-corrected chi connectivity index (χ4v) is 2.40. The Labute approximate surface area is 104 Å². The zero-order valence-electron chi connectivity index (χ0n) is 8.29. The lowest BCUT2D eigenvalue weighted by Gasteiger charge is -2.12. The van der Waals surface area contributed by atoms with Gasteiger partial charge in [0, 0.05) is 15.6 Å². The zero-order valence-corrected chi connectivity index (χ0v) is 10.7. The molecule has 1 aromatic rings. The molecule has 0 amide bonds. The highest BCUT2D eigenvalue weighted by molar-refractivity contribution is 8.13. The monoisotopic (exact) mass is 306 g/mol. The first-order valence-corrected chi connectivity index (χ1v) is 7.55. The highest BCUT2D eigenvalue weighted by Gasteiger charge is 2.33. The molecule has 96 valence electrons. The molecular weight excluding hydrogens is 301 g/mol. The van der Waals surface area contributed by atoms with Gasteiger partial charge >= 0.3 is 6.36 Å². The lowest BCUT2D eigenvalue weighted by atomic mass is 10.3. The van der Waals surface area contributed by atoms with Crippen LogP contribution in [0, 0.1) is 0 Å². The van der Waals surface area contributed by atoms with Gasteiger partial charge in [0.25, 0.3) is 9.05 Å². The molecule has 0 saturated carbocycles. The minimum atomic E-state index is -4.98. The molecular formula is C8H6ClF3O3S2. The van der Waals surface area contributed by atoms with Gasteiger partial charge < -0.3 is 4.74 Å². The number of benzene rings is 1. The minimum Gasteiger partial charge on any atom is -0.404 e. The highest BCUT2D eigenvalue weighted by Crippen LogP contribution is 2.34. The van der Waals surface area contributed by atoms with Crippen LogP contribution in [0.5, 0.6) is 5.75 Å². The van der Waals surface area contributed by atoms with Crippen molar-refractivity contribution in [1.82, 2.24) is 0 Å². The molecule has 0 aliphatic carbocycles. The molecule has 9 heteroatoms. The van der Waals surface area contributed by atoms with Gasteiger partial charge in [0.05, 0.1) is 0 Å². The third kappa shape index (κ3) is 4.29. The van der Waals surface area contributed by atoms with Crippen molar-refractivity contribution in [3.05, 3.63) is 18.2 Å². The van der Waals surface area contributed by atoms with E-state index < -0.39 is 26.1 Å². The predicted octanol–water partition coefficient (Wildman–Crippen LogP) is 3.23. The smallest absolute Gasteiger partial charge is 0.404 e. The van der Waals surface area contributed by atoms with Crippen molar-refractivity contribution in [2.75, 3.05) is 6.26 Å². The Bertz CT molecular complexity index is 513. The molecule has 0 saturated heterocycles. The maximum atomic E-state index is 12.1. The van der Waals surface area contributed by atoms with Crippen LogP contribution >= 0.6 is 22.4 Å². The SMILES string of the molecule is CSc1ccc(S(=O)(=O)Cl)c(OC(F)(F)F)c1. The molecule has 0 aliphatic heterocycles. The van der Waals surface area contributed by atoms with Crippen LogP contribution in [0.3, 0.4) is 0 Å². The van der Waals surface area contributed by atoms with Crippen molar-refractivity contribution >= 4 is 31.5 Å². The number of thioether (sulfide) groups is 1. The Kier molecular flexibility index (Phi) is 4.21. The fraction of sp³-hybridized carbons (Fsp3) is 0.250. The Morgan fingerprint density at radius 3 is 2.35 bits per heavy atom. The standard InChI is InChI=1S/C8H6ClF3O3S2/c1-16-5-2-3-7(17(9,13)14)6(4-5)15-8(10,11)12/h2-4H,1H3. The first-order chi connectivity index (χ1) is 7.63. The van der Waals surface area contributed by atoms with E-state index in [0.717, 1.165) is 23.9 Å². The van der Waals surface area contributed by atoms with Gasteiger partial charge in [-0.1, -0.05) is 0 Å². The molecule has 0 radical (unpaired) electrons. The van der Waals surface area contributed by atoms with Crippen molar-refractivity contribution in [1.29, 1.82) is 0 Å². The second kappa shape index (κ2) is 4.95. The van der Waals surface area contributed by atoms with E-state index in [1.807, 2.05) is 0 Å². The van der Waals surface area contributed by atoms with E-state index in [4.69, 9.17) is 10.7 Å². The van der Waals surface area contributed by atoms with Crippen LogP contribution in [0.4, 0.5) is 13.2 Å². The van der Waals surface area contributed by atoms with Crippen LogP contribution < -0.4 is 4.74 Å². The van der Waals surface area contributed by atoms with E-state index in [1.54, 1.807) is 6.26 Å². The summed E-state index contributed by atoms with van der Waals surface area (Å²) in [5.41, 5.74) is 0. The van der Waals surface area contributed by atoms with Crippen LogP contribution in [0.25, 0.3) is 0 Å². The van der Waals surface area contributed by atoms with Crippen molar-refractivity contribution < 1.29 is 26.3 Å². The molecule has 0 unspecified atom stereocenters. The normalized spacial score (nSPS) is 12.5. The fourth-order valence-electron chi connectivity index (χ4n) is 1.02. The van der Waals surface area contributed by atoms with E-state index in [2.05, 4.69) is 4.74 Å². The van der Waals surface area contributed by atoms with Crippen molar-refractivity contribution in [2.45, 2.75) is 16.2 Å². The van der Waals surface area contributed by atoms with E-state index in [0.29, 0.717) is 4.90 Å². The third-order valence-electron chi connectivity index (χ3n) is 1.64. The number of halogens is 4. The van der Waals surface area contributed by atoms with E-state index in [-0.39, 0.29) is 0 Å². The summed E-state index contributed by atoms with van der Waals surface area (Å²) >= 11 is 1.14. The maximum Gasteiger partial charge on any atom is 0.573 e. The molecule has 3 nitrogen and oxygen atoms in total. The lowest BCUT2D eigenvalue weighted by Crippen LogP contribution is -2.18. The van der Waals surface area contributed by atoms with Crippen LogP contribution in [-0.4, -0.2) is 21.0 Å². The summed E-state index contributed by atoms with van der Waals surface area (Å²) in [6.45, 7) is 0. The zero-order chi connectivity index (χ0) is 13.3. The largest absolute Gasteiger partial charge is 0.573 e. The minimum absolute atomic E-state index is 0.424. The first kappa shape index (κ1) is 14.5. The molecule has 0 spiro atoms. The molecule has 17 heavy (non-hydrogen) atoms. The number of ether oxygens (including phenoxy) is 1. The van der Waals surface area contributed by atoms with Crippen LogP contribution in [0.1, 0.15) is 0 Å². The summed E-state index contributed by atoms with van der Waals surface area (Å²) in [7, 11) is 0.713. The van der Waals surface area contributed by atoms with E-state index >= 15 is 0 Å². The second-order valence-electron chi connectivity index (χ2n) is 2.80. The van der Waals surface area contributed by atoms with Crippen LogP contribution in [0.15, 0.2) is 28.0 Å². The van der Waals surface area contributed by atoms with E-state index in [1.165, 1.54) is 6.07 Å². The van der Waals surface area contributed by atoms with Crippen molar-refractivity contribution in [2.24, 2.45) is 0 Å². The van der Waals surface area contributed by atoms with Gasteiger partial charge in [-0.15, -0.1) is 24.9 Å². The summed E-state index contributed by atoms with van der Waals surface area (Å²) in [4.78, 5) is -0.289. The van der Waals surface area contributed by atoms with Gasteiger partial charge in [-0.3, -0.25) is 0 Å². The van der Waals surface area contributed by atoms with Gasteiger partial charge in [0.1, 0.15) is 4.90 Å². The Hall–Kier alpha value is -0.600. The highest BCUT2D eigenvalue weighted by atomic mass is 35.7. The van der Waals surface area contributed by atoms with Crippen molar-refractivity contribution in [3.63, 3.8) is 0 Å². The average molecular weight is 307 g/mol. The van der Waals surface area contributed by atoms with Gasteiger partial charge in [-0.25, -0.2) is 8.42 Å². The second-order valence-corrected chi connectivity index (χ2v) is 6.21. The molecule has 0 fully saturated rings. The number of alkyl halides is 3. The van der Waals surface area contributed by atoms with E-state index in [9.17, 15) is 21.6 Å². The summed E-state index contributed by atoms with van der Waals surface area (Å²) in [6.07, 6.45) is -3.35. The first-order valence-electron chi connectivity index (χ1n) is 4.02. The number of rotatable bonds is 3. The maximum absolute atomic E-state index is 12.1. The van der Waals surface area contributed by atoms with Crippen LogP contribution in [-0.2, 0) is 9.05 Å². The third-order valence-corrected chi connectivity index (χ3v) is 3.73. The Morgan fingerprint density at radius 2 is 1.94 bits per heavy atom. The Morgan fingerprint density at radius 1 is 1.35 bits per heavy atom. The summed E-state index contributed by atoms with van der Waals surface area (Å²) < 4.78 is 62.0. The average Bonchev–Trinajstić information content (AvgIpc) is 2.13. The number of hydrogen-bond donors (Lipinski definition) is 0. The number of hydrogen-bond acceptors (Lipinski definition) is 4.